The van der Waals surface area contributed by atoms with Gasteiger partial charge < -0.3 is 25.2 Å². The molecule has 0 unspecified atom stereocenters. The Hall–Kier alpha value is -3.07. The van der Waals surface area contributed by atoms with E-state index in [1.165, 1.54) is 0 Å². The van der Waals surface area contributed by atoms with Crippen LogP contribution < -0.4 is 20.1 Å². The molecule has 1 aliphatic rings. The molecule has 1 aliphatic heterocycles. The van der Waals surface area contributed by atoms with E-state index in [2.05, 4.69) is 25.7 Å². The van der Waals surface area contributed by atoms with Gasteiger partial charge in [0.25, 0.3) is 0 Å². The largest absolute Gasteiger partial charge is 0.454 e. The van der Waals surface area contributed by atoms with Crippen molar-refractivity contribution in [3.05, 3.63) is 30.0 Å². The summed E-state index contributed by atoms with van der Waals surface area (Å²) >= 11 is 0. The standard InChI is InChI=1S/C17H20N6O3/c1-23-16-12(9-20-23)15(18-5-2-6-24)21-17(22-16)19-8-11-3-4-13-14(7-11)26-10-25-13/h3-4,7,9,24H,2,5-6,8,10H2,1H3,(H2,18,19,21,22). The molecule has 9 heteroatoms. The molecular formula is C17H20N6O3. The smallest absolute Gasteiger partial charge is 0.231 e. The van der Waals surface area contributed by atoms with E-state index < -0.39 is 0 Å². The van der Waals surface area contributed by atoms with Crippen molar-refractivity contribution in [1.29, 1.82) is 0 Å². The minimum absolute atomic E-state index is 0.128. The van der Waals surface area contributed by atoms with Gasteiger partial charge in [0.15, 0.2) is 17.1 Å². The fourth-order valence-corrected chi connectivity index (χ4v) is 2.75. The van der Waals surface area contributed by atoms with Gasteiger partial charge in [-0.1, -0.05) is 6.07 Å². The Labute approximate surface area is 150 Å². The van der Waals surface area contributed by atoms with Crippen molar-refractivity contribution in [3.63, 3.8) is 0 Å². The van der Waals surface area contributed by atoms with Gasteiger partial charge in [0, 0.05) is 26.7 Å². The van der Waals surface area contributed by atoms with Crippen LogP contribution in [-0.4, -0.2) is 44.8 Å². The first kappa shape index (κ1) is 16.4. The molecule has 4 rings (SSSR count). The molecule has 3 heterocycles. The third-order valence-electron chi connectivity index (χ3n) is 4.11. The average molecular weight is 356 g/mol. The Morgan fingerprint density at radius 3 is 2.96 bits per heavy atom. The van der Waals surface area contributed by atoms with Crippen LogP contribution >= 0.6 is 0 Å². The number of nitrogens with zero attached hydrogens (tertiary/aromatic N) is 4. The average Bonchev–Trinajstić information content (AvgIpc) is 3.27. The van der Waals surface area contributed by atoms with Crippen LogP contribution in [0, 0.1) is 0 Å². The number of anilines is 2. The minimum Gasteiger partial charge on any atom is -0.454 e. The van der Waals surface area contributed by atoms with E-state index in [4.69, 9.17) is 14.6 Å². The third kappa shape index (κ3) is 3.21. The van der Waals surface area contributed by atoms with Gasteiger partial charge in [-0.15, -0.1) is 0 Å². The number of aliphatic hydroxyl groups excluding tert-OH is 1. The number of hydrogen-bond acceptors (Lipinski definition) is 8. The van der Waals surface area contributed by atoms with Crippen LogP contribution in [0.25, 0.3) is 11.0 Å². The molecule has 26 heavy (non-hydrogen) atoms. The summed E-state index contributed by atoms with van der Waals surface area (Å²) in [5.41, 5.74) is 1.78. The summed E-state index contributed by atoms with van der Waals surface area (Å²) in [6, 6.07) is 5.81. The van der Waals surface area contributed by atoms with Gasteiger partial charge >= 0.3 is 0 Å². The van der Waals surface area contributed by atoms with Gasteiger partial charge in [0.1, 0.15) is 5.82 Å². The number of aliphatic hydroxyl groups is 1. The number of aryl methyl sites for hydroxylation is 1. The fraction of sp³-hybridized carbons (Fsp3) is 0.353. The highest BCUT2D eigenvalue weighted by molar-refractivity contribution is 5.87. The van der Waals surface area contributed by atoms with Gasteiger partial charge in [-0.05, 0) is 24.1 Å². The lowest BCUT2D eigenvalue weighted by molar-refractivity contribution is 0.174. The van der Waals surface area contributed by atoms with Gasteiger partial charge in [-0.2, -0.15) is 15.1 Å². The molecule has 2 aromatic heterocycles. The van der Waals surface area contributed by atoms with Crippen molar-refractivity contribution in [2.45, 2.75) is 13.0 Å². The van der Waals surface area contributed by atoms with E-state index in [9.17, 15) is 0 Å². The molecule has 1 aromatic carbocycles. The van der Waals surface area contributed by atoms with Crippen molar-refractivity contribution in [2.24, 2.45) is 7.05 Å². The predicted octanol–water partition coefficient (Wildman–Crippen LogP) is 1.50. The first-order valence-corrected chi connectivity index (χ1v) is 8.41. The zero-order valence-corrected chi connectivity index (χ0v) is 14.4. The van der Waals surface area contributed by atoms with Crippen molar-refractivity contribution in [2.75, 3.05) is 30.6 Å². The number of nitrogens with one attached hydrogen (secondary N) is 2. The molecule has 0 aliphatic carbocycles. The molecule has 0 amide bonds. The maximum absolute atomic E-state index is 8.97. The summed E-state index contributed by atoms with van der Waals surface area (Å²) in [4.78, 5) is 9.09. The van der Waals surface area contributed by atoms with Crippen molar-refractivity contribution in [1.82, 2.24) is 19.7 Å². The topological polar surface area (TPSA) is 106 Å². The van der Waals surface area contributed by atoms with E-state index >= 15 is 0 Å². The van der Waals surface area contributed by atoms with Crippen LogP contribution in [0.2, 0.25) is 0 Å². The van der Waals surface area contributed by atoms with Crippen LogP contribution in [0.4, 0.5) is 11.8 Å². The molecule has 136 valence electrons. The van der Waals surface area contributed by atoms with Crippen LogP contribution in [0.15, 0.2) is 24.4 Å². The van der Waals surface area contributed by atoms with E-state index in [-0.39, 0.29) is 13.4 Å². The summed E-state index contributed by atoms with van der Waals surface area (Å²) < 4.78 is 12.4. The summed E-state index contributed by atoms with van der Waals surface area (Å²) in [6.07, 6.45) is 2.38. The lowest BCUT2D eigenvalue weighted by Gasteiger charge is -2.10. The van der Waals surface area contributed by atoms with Crippen molar-refractivity contribution < 1.29 is 14.6 Å². The van der Waals surface area contributed by atoms with Crippen LogP contribution in [0.1, 0.15) is 12.0 Å². The molecule has 0 radical (unpaired) electrons. The van der Waals surface area contributed by atoms with E-state index in [0.717, 1.165) is 28.1 Å². The summed E-state index contributed by atoms with van der Waals surface area (Å²) in [5, 5.41) is 20.5. The minimum atomic E-state index is 0.128. The number of rotatable bonds is 7. The van der Waals surface area contributed by atoms with Crippen LogP contribution in [0.3, 0.4) is 0 Å². The first-order chi connectivity index (χ1) is 12.7. The normalized spacial score (nSPS) is 12.5. The van der Waals surface area contributed by atoms with E-state index in [0.29, 0.717) is 31.3 Å². The molecule has 0 atom stereocenters. The molecule has 0 saturated carbocycles. The number of aromatic nitrogens is 4. The summed E-state index contributed by atoms with van der Waals surface area (Å²) in [7, 11) is 1.84. The molecule has 0 spiro atoms. The van der Waals surface area contributed by atoms with E-state index in [1.807, 2.05) is 25.2 Å². The maximum Gasteiger partial charge on any atom is 0.231 e. The fourth-order valence-electron chi connectivity index (χ4n) is 2.75. The molecular weight excluding hydrogens is 336 g/mol. The highest BCUT2D eigenvalue weighted by Crippen LogP contribution is 2.32. The Morgan fingerprint density at radius 1 is 1.19 bits per heavy atom. The van der Waals surface area contributed by atoms with Gasteiger partial charge in [-0.3, -0.25) is 4.68 Å². The number of hydrogen-bond donors (Lipinski definition) is 3. The Morgan fingerprint density at radius 2 is 2.08 bits per heavy atom. The second-order valence-electron chi connectivity index (χ2n) is 5.95. The van der Waals surface area contributed by atoms with Gasteiger partial charge in [0.2, 0.25) is 12.7 Å². The number of fused-ring (bicyclic) bond motifs is 2. The lowest BCUT2D eigenvalue weighted by Crippen LogP contribution is -2.10. The number of ether oxygens (including phenoxy) is 2. The first-order valence-electron chi connectivity index (χ1n) is 8.41. The molecule has 0 saturated heterocycles. The monoisotopic (exact) mass is 356 g/mol. The van der Waals surface area contributed by atoms with Crippen LogP contribution in [-0.2, 0) is 13.6 Å². The second-order valence-corrected chi connectivity index (χ2v) is 5.95. The third-order valence-corrected chi connectivity index (χ3v) is 4.11. The second kappa shape index (κ2) is 7.04. The van der Waals surface area contributed by atoms with Crippen molar-refractivity contribution in [3.8, 4) is 11.5 Å². The zero-order valence-electron chi connectivity index (χ0n) is 14.4. The Bertz CT molecular complexity index is 926. The van der Waals surface area contributed by atoms with Gasteiger partial charge in [0.05, 0.1) is 11.6 Å². The molecule has 0 bridgehead atoms. The Balaban J connectivity index is 1.54. The van der Waals surface area contributed by atoms with Crippen molar-refractivity contribution >= 4 is 22.8 Å². The number of benzene rings is 1. The zero-order chi connectivity index (χ0) is 17.9. The maximum atomic E-state index is 8.97. The van der Waals surface area contributed by atoms with Gasteiger partial charge in [-0.25, -0.2) is 0 Å². The summed E-state index contributed by atoms with van der Waals surface area (Å²) in [6.45, 7) is 1.56. The molecule has 3 aromatic rings. The lowest BCUT2D eigenvalue weighted by atomic mass is 10.2. The predicted molar refractivity (Wildman–Crippen MR) is 96.4 cm³/mol. The molecule has 0 fully saturated rings. The van der Waals surface area contributed by atoms with Crippen LogP contribution in [0.5, 0.6) is 11.5 Å². The molecule has 3 N–H and O–H groups in total. The SMILES string of the molecule is Cn1ncc2c(NCCCO)nc(NCc3ccc4c(c3)OCO4)nc21. The highest BCUT2D eigenvalue weighted by atomic mass is 16.7. The molecule has 9 nitrogen and oxygen atoms in total. The quantitative estimate of drug-likeness (QED) is 0.547. The van der Waals surface area contributed by atoms with E-state index in [1.54, 1.807) is 10.9 Å². The summed E-state index contributed by atoms with van der Waals surface area (Å²) in [5.74, 6) is 2.71. The Kier molecular flexibility index (Phi) is 4.44. The highest BCUT2D eigenvalue weighted by Gasteiger charge is 2.14.